The summed E-state index contributed by atoms with van der Waals surface area (Å²) in [6.45, 7) is 2.50. The Morgan fingerprint density at radius 1 is 1.04 bits per heavy atom. The van der Waals surface area contributed by atoms with Gasteiger partial charge in [-0.2, -0.15) is 5.10 Å². The first-order chi connectivity index (χ1) is 11.0. The number of sulfonamides is 1. The quantitative estimate of drug-likeness (QED) is 0.783. The molecule has 1 heterocycles. The van der Waals surface area contributed by atoms with Gasteiger partial charge in [0, 0.05) is 6.20 Å². The molecule has 0 saturated heterocycles. The number of rotatable bonds is 5. The third-order valence-electron chi connectivity index (χ3n) is 3.40. The molecule has 3 rings (SSSR count). The van der Waals surface area contributed by atoms with Crippen LogP contribution in [-0.2, 0) is 16.6 Å². The zero-order chi connectivity index (χ0) is 16.3. The average molecular weight is 327 g/mol. The molecule has 3 aromatic rings. The van der Waals surface area contributed by atoms with Gasteiger partial charge in [-0.15, -0.1) is 0 Å². The summed E-state index contributed by atoms with van der Waals surface area (Å²) in [5.74, 6) is 0. The summed E-state index contributed by atoms with van der Waals surface area (Å²) in [6.07, 6.45) is 3.19. The predicted octanol–water partition coefficient (Wildman–Crippen LogP) is 3.04. The molecule has 0 aliphatic heterocycles. The highest BCUT2D eigenvalue weighted by atomic mass is 32.2. The largest absolute Gasteiger partial charge is 0.276 e. The van der Waals surface area contributed by atoms with Crippen molar-refractivity contribution in [2.24, 2.45) is 0 Å². The van der Waals surface area contributed by atoms with Crippen molar-refractivity contribution < 1.29 is 8.42 Å². The molecule has 0 saturated carbocycles. The van der Waals surface area contributed by atoms with Crippen LogP contribution < -0.4 is 4.72 Å². The first-order valence-electron chi connectivity index (χ1n) is 7.19. The summed E-state index contributed by atoms with van der Waals surface area (Å²) in [5.41, 5.74) is 2.56. The van der Waals surface area contributed by atoms with Gasteiger partial charge in [-0.25, -0.2) is 8.42 Å². The molecule has 0 unspecified atom stereocenters. The second-order valence-electron chi connectivity index (χ2n) is 5.33. The van der Waals surface area contributed by atoms with Crippen molar-refractivity contribution in [2.75, 3.05) is 4.72 Å². The van der Waals surface area contributed by atoms with Crippen molar-refractivity contribution in [2.45, 2.75) is 18.4 Å². The third kappa shape index (κ3) is 3.78. The minimum absolute atomic E-state index is 0.235. The van der Waals surface area contributed by atoms with E-state index in [2.05, 4.69) is 9.82 Å². The Morgan fingerprint density at radius 3 is 2.43 bits per heavy atom. The van der Waals surface area contributed by atoms with Crippen LogP contribution in [0.25, 0.3) is 0 Å². The number of hydrogen-bond acceptors (Lipinski definition) is 3. The standard InChI is InChI=1S/C17H17N3O2S/c1-14-7-9-17(10-8-14)23(21,22)19-16-11-18-20(13-16)12-15-5-3-2-4-6-15/h2-11,13,19H,12H2,1H3. The number of nitrogens with zero attached hydrogens (tertiary/aromatic N) is 2. The molecule has 118 valence electrons. The molecule has 6 heteroatoms. The monoisotopic (exact) mass is 327 g/mol. The zero-order valence-electron chi connectivity index (χ0n) is 12.7. The molecule has 0 atom stereocenters. The van der Waals surface area contributed by atoms with Crippen LogP contribution in [0, 0.1) is 6.92 Å². The molecule has 0 amide bonds. The van der Waals surface area contributed by atoms with Gasteiger partial charge < -0.3 is 0 Å². The lowest BCUT2D eigenvalue weighted by Gasteiger charge is -2.06. The Bertz CT molecular complexity index is 885. The summed E-state index contributed by atoms with van der Waals surface area (Å²) in [6, 6.07) is 16.6. The van der Waals surface area contributed by atoms with Crippen molar-refractivity contribution >= 4 is 15.7 Å². The molecule has 0 spiro atoms. The molecule has 1 aromatic heterocycles. The van der Waals surface area contributed by atoms with Crippen LogP contribution in [0.15, 0.2) is 71.9 Å². The van der Waals surface area contributed by atoms with Gasteiger partial charge in [0.15, 0.2) is 0 Å². The lowest BCUT2D eigenvalue weighted by molar-refractivity contribution is 0.601. The van der Waals surface area contributed by atoms with E-state index in [-0.39, 0.29) is 4.90 Å². The highest BCUT2D eigenvalue weighted by Gasteiger charge is 2.14. The van der Waals surface area contributed by atoms with Gasteiger partial charge in [-0.05, 0) is 24.6 Å². The van der Waals surface area contributed by atoms with Gasteiger partial charge in [0.1, 0.15) is 0 Å². The summed E-state index contributed by atoms with van der Waals surface area (Å²) in [7, 11) is -3.59. The van der Waals surface area contributed by atoms with Gasteiger partial charge >= 0.3 is 0 Å². The number of nitrogens with one attached hydrogen (secondary N) is 1. The number of aromatic nitrogens is 2. The Morgan fingerprint density at radius 2 is 1.74 bits per heavy atom. The Balaban J connectivity index is 1.74. The third-order valence-corrected chi connectivity index (χ3v) is 4.80. The van der Waals surface area contributed by atoms with E-state index in [1.165, 1.54) is 6.20 Å². The fraction of sp³-hybridized carbons (Fsp3) is 0.118. The molecule has 0 aliphatic carbocycles. The van der Waals surface area contributed by atoms with Crippen molar-refractivity contribution in [3.8, 4) is 0 Å². The van der Waals surface area contributed by atoms with E-state index in [0.29, 0.717) is 12.2 Å². The number of aryl methyl sites for hydroxylation is 1. The zero-order valence-corrected chi connectivity index (χ0v) is 13.5. The molecule has 2 aromatic carbocycles. The van der Waals surface area contributed by atoms with Gasteiger partial charge in [-0.3, -0.25) is 9.40 Å². The second-order valence-corrected chi connectivity index (χ2v) is 7.01. The minimum Gasteiger partial charge on any atom is -0.276 e. The van der Waals surface area contributed by atoms with Gasteiger partial charge in [0.2, 0.25) is 0 Å². The fourth-order valence-corrected chi connectivity index (χ4v) is 3.23. The van der Waals surface area contributed by atoms with Gasteiger partial charge in [0.25, 0.3) is 10.0 Å². The summed E-state index contributed by atoms with van der Waals surface area (Å²) in [5, 5.41) is 4.19. The first kappa shape index (κ1) is 15.3. The average Bonchev–Trinajstić information content (AvgIpc) is 2.95. The van der Waals surface area contributed by atoms with E-state index < -0.39 is 10.0 Å². The lowest BCUT2D eigenvalue weighted by Crippen LogP contribution is -2.12. The topological polar surface area (TPSA) is 64.0 Å². The normalized spacial score (nSPS) is 11.3. The van der Waals surface area contributed by atoms with Crippen LogP contribution in [-0.4, -0.2) is 18.2 Å². The van der Waals surface area contributed by atoms with Crippen molar-refractivity contribution in [3.05, 3.63) is 78.1 Å². The van der Waals surface area contributed by atoms with Crippen LogP contribution >= 0.6 is 0 Å². The maximum absolute atomic E-state index is 12.3. The van der Waals surface area contributed by atoms with E-state index >= 15 is 0 Å². The number of anilines is 1. The van der Waals surface area contributed by atoms with Crippen LogP contribution in [0.5, 0.6) is 0 Å². The summed E-state index contributed by atoms with van der Waals surface area (Å²) in [4.78, 5) is 0.235. The Labute approximate surface area is 135 Å². The maximum atomic E-state index is 12.3. The number of hydrogen-bond donors (Lipinski definition) is 1. The molecule has 0 bridgehead atoms. The molecule has 0 fully saturated rings. The van der Waals surface area contributed by atoms with Crippen molar-refractivity contribution in [3.63, 3.8) is 0 Å². The van der Waals surface area contributed by atoms with E-state index in [0.717, 1.165) is 11.1 Å². The van der Waals surface area contributed by atoms with E-state index in [9.17, 15) is 8.42 Å². The van der Waals surface area contributed by atoms with E-state index in [1.807, 2.05) is 37.3 Å². The Hall–Kier alpha value is -2.60. The Kier molecular flexibility index (Phi) is 4.16. The minimum atomic E-state index is -3.59. The van der Waals surface area contributed by atoms with E-state index in [4.69, 9.17) is 0 Å². The van der Waals surface area contributed by atoms with Gasteiger partial charge in [0.05, 0.1) is 23.3 Å². The predicted molar refractivity (Wildman–Crippen MR) is 89.8 cm³/mol. The van der Waals surface area contributed by atoms with Crippen LogP contribution in [0.3, 0.4) is 0 Å². The molecule has 0 aliphatic rings. The van der Waals surface area contributed by atoms with Crippen LogP contribution in [0.1, 0.15) is 11.1 Å². The summed E-state index contributed by atoms with van der Waals surface area (Å²) >= 11 is 0. The SMILES string of the molecule is Cc1ccc(S(=O)(=O)Nc2cnn(Cc3ccccc3)c2)cc1. The van der Waals surface area contributed by atoms with E-state index in [1.54, 1.807) is 35.1 Å². The molecular formula is C17H17N3O2S. The fourth-order valence-electron chi connectivity index (χ4n) is 2.20. The molecule has 23 heavy (non-hydrogen) atoms. The molecule has 1 N–H and O–H groups in total. The van der Waals surface area contributed by atoms with Crippen molar-refractivity contribution in [1.82, 2.24) is 9.78 Å². The van der Waals surface area contributed by atoms with Gasteiger partial charge in [-0.1, -0.05) is 48.0 Å². The molecule has 5 nitrogen and oxygen atoms in total. The summed E-state index contributed by atoms with van der Waals surface area (Å²) < 4.78 is 28.9. The molecule has 0 radical (unpaired) electrons. The first-order valence-corrected chi connectivity index (χ1v) is 8.67. The highest BCUT2D eigenvalue weighted by Crippen LogP contribution is 2.16. The highest BCUT2D eigenvalue weighted by molar-refractivity contribution is 7.92. The smallest absolute Gasteiger partial charge is 0.261 e. The maximum Gasteiger partial charge on any atom is 0.261 e. The second kappa shape index (κ2) is 6.26. The molecular weight excluding hydrogens is 310 g/mol. The van der Waals surface area contributed by atoms with Crippen LogP contribution in [0.4, 0.5) is 5.69 Å². The van der Waals surface area contributed by atoms with Crippen LogP contribution in [0.2, 0.25) is 0 Å². The number of benzene rings is 2. The van der Waals surface area contributed by atoms with Crippen molar-refractivity contribution in [1.29, 1.82) is 0 Å². The lowest BCUT2D eigenvalue weighted by atomic mass is 10.2.